The average molecular weight is 461 g/mol. The Morgan fingerprint density at radius 3 is 2.31 bits per heavy atom. The molecule has 2 aliphatic heterocycles. The molecule has 0 aliphatic carbocycles. The Morgan fingerprint density at radius 1 is 1.03 bits per heavy atom. The van der Waals surface area contributed by atoms with E-state index in [0.29, 0.717) is 43.3 Å². The predicted octanol–water partition coefficient (Wildman–Crippen LogP) is 2.40. The van der Waals surface area contributed by atoms with Crippen molar-refractivity contribution in [2.75, 3.05) is 33.3 Å². The van der Waals surface area contributed by atoms with Crippen LogP contribution in [0.1, 0.15) is 24.2 Å². The molecule has 2 aromatic carbocycles. The average Bonchev–Trinajstić information content (AvgIpc) is 2.78. The Kier molecular flexibility index (Phi) is 6.41. The van der Waals surface area contributed by atoms with Gasteiger partial charge in [0.2, 0.25) is 10.0 Å². The van der Waals surface area contributed by atoms with E-state index in [4.69, 9.17) is 14.2 Å². The molecule has 8 nitrogen and oxygen atoms in total. The normalized spacial score (nSPS) is 23.5. The molecule has 1 saturated heterocycles. The number of para-hydroxylation sites is 2. The summed E-state index contributed by atoms with van der Waals surface area (Å²) in [6, 6.07) is 13.5. The van der Waals surface area contributed by atoms with Gasteiger partial charge in [-0.15, -0.1) is 0 Å². The fourth-order valence-electron chi connectivity index (χ4n) is 4.01. The molecule has 0 saturated carbocycles. The van der Waals surface area contributed by atoms with Gasteiger partial charge >= 0.3 is 0 Å². The number of rotatable bonds is 5. The molecule has 2 heterocycles. The zero-order valence-electron chi connectivity index (χ0n) is 18.4. The van der Waals surface area contributed by atoms with Gasteiger partial charge in [-0.05, 0) is 50.2 Å². The fraction of sp³-hybridized carbons (Fsp3) is 0.435. The van der Waals surface area contributed by atoms with Crippen molar-refractivity contribution >= 4 is 15.9 Å². The van der Waals surface area contributed by atoms with Gasteiger partial charge in [-0.1, -0.05) is 12.1 Å². The molecule has 172 valence electrons. The van der Waals surface area contributed by atoms with Crippen molar-refractivity contribution in [3.63, 3.8) is 0 Å². The second-order valence-electron chi connectivity index (χ2n) is 8.29. The Hall–Kier alpha value is -2.62. The summed E-state index contributed by atoms with van der Waals surface area (Å²) >= 11 is 0. The number of amides is 1. The SMILES string of the molecule is C[C@@H]1CN(S(=O)(=O)c2ccc(C(=O)N(C)C[C@@H]3COc4ccccc4O3)cc2)C[C@H](C)O1. The molecule has 3 atom stereocenters. The third kappa shape index (κ3) is 4.74. The van der Waals surface area contributed by atoms with Crippen LogP contribution >= 0.6 is 0 Å². The lowest BCUT2D eigenvalue weighted by molar-refractivity contribution is -0.0440. The van der Waals surface area contributed by atoms with Gasteiger partial charge in [-0.3, -0.25) is 4.79 Å². The van der Waals surface area contributed by atoms with Crippen LogP contribution in [0.4, 0.5) is 0 Å². The molecule has 32 heavy (non-hydrogen) atoms. The van der Waals surface area contributed by atoms with Gasteiger partial charge in [-0.2, -0.15) is 4.31 Å². The first-order chi connectivity index (χ1) is 15.2. The number of sulfonamides is 1. The van der Waals surface area contributed by atoms with E-state index in [0.717, 1.165) is 0 Å². The summed E-state index contributed by atoms with van der Waals surface area (Å²) in [7, 11) is -1.96. The maximum absolute atomic E-state index is 13.0. The molecule has 0 N–H and O–H groups in total. The van der Waals surface area contributed by atoms with Gasteiger partial charge in [0.05, 0.1) is 23.6 Å². The van der Waals surface area contributed by atoms with Crippen LogP contribution in [-0.4, -0.2) is 75.1 Å². The molecular formula is C23H28N2O6S. The molecular weight excluding hydrogens is 432 g/mol. The molecule has 0 aromatic heterocycles. The highest BCUT2D eigenvalue weighted by Crippen LogP contribution is 2.31. The van der Waals surface area contributed by atoms with Crippen LogP contribution in [-0.2, 0) is 14.8 Å². The number of ether oxygens (including phenoxy) is 3. The summed E-state index contributed by atoms with van der Waals surface area (Å²) in [4.78, 5) is 14.6. The number of hydrogen-bond acceptors (Lipinski definition) is 6. The van der Waals surface area contributed by atoms with Gasteiger partial charge in [0, 0.05) is 25.7 Å². The number of benzene rings is 2. The van der Waals surface area contributed by atoms with Crippen LogP contribution in [0.2, 0.25) is 0 Å². The van der Waals surface area contributed by atoms with Gasteiger partial charge < -0.3 is 19.1 Å². The highest BCUT2D eigenvalue weighted by atomic mass is 32.2. The maximum Gasteiger partial charge on any atom is 0.253 e. The van der Waals surface area contributed by atoms with Crippen LogP contribution in [0.3, 0.4) is 0 Å². The minimum absolute atomic E-state index is 0.165. The summed E-state index contributed by atoms with van der Waals surface area (Å²) in [6.45, 7) is 5.02. The number of likely N-dealkylation sites (N-methyl/N-ethyl adjacent to an activating group) is 1. The first-order valence-corrected chi connectivity index (χ1v) is 12.1. The van der Waals surface area contributed by atoms with Crippen LogP contribution in [0.5, 0.6) is 11.5 Å². The molecule has 2 aliphatic rings. The molecule has 2 aromatic rings. The Bertz CT molecular complexity index is 1060. The van der Waals surface area contributed by atoms with Gasteiger partial charge in [0.25, 0.3) is 5.91 Å². The molecule has 0 radical (unpaired) electrons. The molecule has 0 bridgehead atoms. The fourth-order valence-corrected chi connectivity index (χ4v) is 5.60. The largest absolute Gasteiger partial charge is 0.486 e. The van der Waals surface area contributed by atoms with Crippen molar-refractivity contribution in [3.05, 3.63) is 54.1 Å². The van der Waals surface area contributed by atoms with E-state index in [1.165, 1.54) is 16.4 Å². The van der Waals surface area contributed by atoms with Crippen molar-refractivity contribution in [2.24, 2.45) is 0 Å². The first kappa shape index (κ1) is 22.6. The van der Waals surface area contributed by atoms with Crippen LogP contribution in [0, 0.1) is 0 Å². The number of carbonyl (C=O) groups is 1. The first-order valence-electron chi connectivity index (χ1n) is 10.6. The van der Waals surface area contributed by atoms with Crippen molar-refractivity contribution in [3.8, 4) is 11.5 Å². The van der Waals surface area contributed by atoms with E-state index in [-0.39, 0.29) is 29.1 Å². The third-order valence-corrected chi connectivity index (χ3v) is 7.36. The van der Waals surface area contributed by atoms with Crippen molar-refractivity contribution < 1.29 is 27.4 Å². The Morgan fingerprint density at radius 2 is 1.66 bits per heavy atom. The lowest BCUT2D eigenvalue weighted by Crippen LogP contribution is -2.48. The highest BCUT2D eigenvalue weighted by molar-refractivity contribution is 7.89. The van der Waals surface area contributed by atoms with E-state index >= 15 is 0 Å². The van der Waals surface area contributed by atoms with E-state index in [9.17, 15) is 13.2 Å². The lowest BCUT2D eigenvalue weighted by Gasteiger charge is -2.34. The second-order valence-corrected chi connectivity index (χ2v) is 10.2. The van der Waals surface area contributed by atoms with E-state index < -0.39 is 10.0 Å². The molecule has 1 amide bonds. The molecule has 0 unspecified atom stereocenters. The van der Waals surface area contributed by atoms with Gasteiger partial charge in [0.1, 0.15) is 6.61 Å². The predicted molar refractivity (Wildman–Crippen MR) is 119 cm³/mol. The van der Waals surface area contributed by atoms with E-state index in [1.54, 1.807) is 24.1 Å². The topological polar surface area (TPSA) is 85.4 Å². The Balaban J connectivity index is 1.40. The number of hydrogen-bond donors (Lipinski definition) is 0. The summed E-state index contributed by atoms with van der Waals surface area (Å²) in [5.41, 5.74) is 0.410. The van der Waals surface area contributed by atoms with Crippen molar-refractivity contribution in [1.82, 2.24) is 9.21 Å². The number of fused-ring (bicyclic) bond motifs is 1. The number of nitrogens with zero attached hydrogens (tertiary/aromatic N) is 2. The van der Waals surface area contributed by atoms with Gasteiger partial charge in [0.15, 0.2) is 17.6 Å². The van der Waals surface area contributed by atoms with Crippen molar-refractivity contribution in [1.29, 1.82) is 0 Å². The van der Waals surface area contributed by atoms with E-state index in [1.807, 2.05) is 38.1 Å². The summed E-state index contributed by atoms with van der Waals surface area (Å²) < 4.78 is 44.7. The zero-order chi connectivity index (χ0) is 22.9. The number of carbonyl (C=O) groups excluding carboxylic acids is 1. The maximum atomic E-state index is 13.0. The molecule has 9 heteroatoms. The summed E-state index contributed by atoms with van der Waals surface area (Å²) in [6.07, 6.45) is -0.620. The van der Waals surface area contributed by atoms with Crippen LogP contribution < -0.4 is 9.47 Å². The minimum atomic E-state index is -3.65. The molecule has 4 rings (SSSR count). The monoisotopic (exact) mass is 460 g/mol. The molecule has 0 spiro atoms. The standard InChI is InChI=1S/C23H28N2O6S/c1-16-12-25(13-17(2)30-16)32(27,28)20-10-8-18(9-11-20)23(26)24(3)14-19-15-29-21-6-4-5-7-22(21)31-19/h4-11,16-17,19H,12-15H2,1-3H3/t16-,17+,19-/m1/s1. The number of morpholine rings is 1. The van der Waals surface area contributed by atoms with Gasteiger partial charge in [-0.25, -0.2) is 8.42 Å². The highest BCUT2D eigenvalue weighted by Gasteiger charge is 2.32. The third-order valence-electron chi connectivity index (χ3n) is 5.52. The molecule has 1 fully saturated rings. The minimum Gasteiger partial charge on any atom is -0.486 e. The quantitative estimate of drug-likeness (QED) is 0.681. The summed E-state index contributed by atoms with van der Waals surface area (Å²) in [5, 5.41) is 0. The van der Waals surface area contributed by atoms with Crippen LogP contribution in [0.15, 0.2) is 53.4 Å². The second kappa shape index (κ2) is 9.09. The Labute approximate surface area is 188 Å². The smallest absolute Gasteiger partial charge is 0.253 e. The zero-order valence-corrected chi connectivity index (χ0v) is 19.2. The van der Waals surface area contributed by atoms with Crippen molar-refractivity contribution in [2.45, 2.75) is 37.1 Å². The van der Waals surface area contributed by atoms with Crippen LogP contribution in [0.25, 0.3) is 0 Å². The van der Waals surface area contributed by atoms with E-state index in [2.05, 4.69) is 0 Å². The lowest BCUT2D eigenvalue weighted by atomic mass is 10.2. The summed E-state index contributed by atoms with van der Waals surface area (Å²) in [5.74, 6) is 1.13.